The third-order valence-electron chi connectivity index (χ3n) is 3.95. The highest BCUT2D eigenvalue weighted by molar-refractivity contribution is 5.41. The van der Waals surface area contributed by atoms with Crippen LogP contribution in [0.3, 0.4) is 0 Å². The van der Waals surface area contributed by atoms with Gasteiger partial charge in [-0.1, -0.05) is 20.8 Å². The summed E-state index contributed by atoms with van der Waals surface area (Å²) < 4.78 is 0. The lowest BCUT2D eigenvalue weighted by molar-refractivity contribution is 0.220. The second kappa shape index (κ2) is 5.12. The second-order valence-corrected chi connectivity index (χ2v) is 6.30. The number of hydrogen-bond donors (Lipinski definition) is 1. The molecule has 0 saturated carbocycles. The van der Waals surface area contributed by atoms with Crippen molar-refractivity contribution in [1.29, 1.82) is 0 Å². The number of nitrogens with two attached hydrogens (primary N) is 1. The second-order valence-electron chi connectivity index (χ2n) is 6.30. The van der Waals surface area contributed by atoms with Crippen molar-refractivity contribution < 1.29 is 0 Å². The molecule has 1 unspecified atom stereocenters. The maximum atomic E-state index is 5.57. The van der Waals surface area contributed by atoms with Crippen LogP contribution in [0.25, 0.3) is 0 Å². The minimum absolute atomic E-state index is 0.406. The molecule has 0 radical (unpaired) electrons. The average Bonchev–Trinajstić information content (AvgIpc) is 2.55. The van der Waals surface area contributed by atoms with Gasteiger partial charge in [-0.2, -0.15) is 0 Å². The number of hydrogen-bond acceptors (Lipinski definition) is 4. The Balaban J connectivity index is 2.03. The Bertz CT molecular complexity index is 380. The molecular weight excluding hydrogens is 224 g/mol. The maximum Gasteiger partial charge on any atom is 0.151 e. The number of anilines is 2. The lowest BCUT2D eigenvalue weighted by atomic mass is 9.77. The monoisotopic (exact) mass is 248 g/mol. The van der Waals surface area contributed by atoms with Crippen LogP contribution in [-0.4, -0.2) is 23.3 Å². The zero-order valence-corrected chi connectivity index (χ0v) is 11.7. The molecule has 1 aliphatic rings. The third kappa shape index (κ3) is 3.12. The Morgan fingerprint density at radius 2 is 1.94 bits per heavy atom. The molecule has 1 atom stereocenters. The van der Waals surface area contributed by atoms with Gasteiger partial charge in [0, 0.05) is 13.1 Å². The van der Waals surface area contributed by atoms with Gasteiger partial charge in [0.2, 0.25) is 0 Å². The average molecular weight is 248 g/mol. The lowest BCUT2D eigenvalue weighted by Crippen LogP contribution is -2.27. The van der Waals surface area contributed by atoms with E-state index in [0.717, 1.165) is 24.8 Å². The molecule has 1 aromatic heterocycles. The Hall–Kier alpha value is -1.32. The lowest BCUT2D eigenvalue weighted by Gasteiger charge is -2.29. The zero-order valence-electron chi connectivity index (χ0n) is 11.7. The Morgan fingerprint density at radius 3 is 2.56 bits per heavy atom. The van der Waals surface area contributed by atoms with Crippen molar-refractivity contribution in [3.63, 3.8) is 0 Å². The highest BCUT2D eigenvalue weighted by atomic mass is 15.3. The zero-order chi connectivity index (χ0) is 13.2. The summed E-state index contributed by atoms with van der Waals surface area (Å²) in [5, 5.41) is 8.12. The van der Waals surface area contributed by atoms with E-state index in [4.69, 9.17) is 5.73 Å². The van der Waals surface area contributed by atoms with Gasteiger partial charge in [-0.05, 0) is 42.7 Å². The first-order chi connectivity index (χ1) is 8.47. The van der Waals surface area contributed by atoms with E-state index >= 15 is 0 Å². The predicted octanol–water partition coefficient (Wildman–Crippen LogP) is 2.71. The molecule has 0 bridgehead atoms. The summed E-state index contributed by atoms with van der Waals surface area (Å²) in [4.78, 5) is 2.33. The van der Waals surface area contributed by atoms with E-state index in [-0.39, 0.29) is 0 Å². The molecule has 1 aromatic rings. The van der Waals surface area contributed by atoms with Crippen LogP contribution in [0, 0.1) is 11.3 Å². The van der Waals surface area contributed by atoms with Gasteiger partial charge in [-0.3, -0.25) is 0 Å². The van der Waals surface area contributed by atoms with Crippen LogP contribution in [-0.2, 0) is 0 Å². The molecule has 2 heterocycles. The van der Waals surface area contributed by atoms with E-state index < -0.39 is 0 Å². The van der Waals surface area contributed by atoms with Gasteiger partial charge in [-0.25, -0.2) is 0 Å². The summed E-state index contributed by atoms with van der Waals surface area (Å²) in [7, 11) is 0. The highest BCUT2D eigenvalue weighted by Crippen LogP contribution is 2.34. The summed E-state index contributed by atoms with van der Waals surface area (Å²) in [5.41, 5.74) is 5.98. The van der Waals surface area contributed by atoms with Gasteiger partial charge >= 0.3 is 0 Å². The maximum absolute atomic E-state index is 5.57. The van der Waals surface area contributed by atoms with E-state index in [0.29, 0.717) is 11.2 Å². The van der Waals surface area contributed by atoms with Gasteiger partial charge in [0.05, 0.1) is 0 Å². The molecule has 2 rings (SSSR count). The Kier molecular flexibility index (Phi) is 3.73. The Labute approximate surface area is 110 Å². The minimum Gasteiger partial charge on any atom is -0.382 e. The summed E-state index contributed by atoms with van der Waals surface area (Å²) in [6, 6.07) is 3.80. The van der Waals surface area contributed by atoms with Gasteiger partial charge < -0.3 is 10.6 Å². The molecule has 1 fully saturated rings. The van der Waals surface area contributed by atoms with E-state index in [1.807, 2.05) is 12.1 Å². The van der Waals surface area contributed by atoms with Crippen molar-refractivity contribution in [2.75, 3.05) is 23.7 Å². The first kappa shape index (κ1) is 13.1. The quantitative estimate of drug-likeness (QED) is 0.830. The fourth-order valence-corrected chi connectivity index (χ4v) is 2.70. The number of aromatic nitrogens is 2. The molecule has 1 aliphatic heterocycles. The summed E-state index contributed by atoms with van der Waals surface area (Å²) in [6.45, 7) is 9.18. The molecule has 0 aromatic carbocycles. The molecular formula is C14H24N4. The molecule has 0 spiro atoms. The molecule has 0 aliphatic carbocycles. The highest BCUT2D eigenvalue weighted by Gasteiger charge is 2.27. The van der Waals surface area contributed by atoms with E-state index in [1.54, 1.807) is 0 Å². The van der Waals surface area contributed by atoms with Crippen molar-refractivity contribution in [3.8, 4) is 0 Å². The minimum atomic E-state index is 0.406. The summed E-state index contributed by atoms with van der Waals surface area (Å²) in [6.07, 6.45) is 3.77. The van der Waals surface area contributed by atoms with E-state index in [2.05, 4.69) is 35.9 Å². The fourth-order valence-electron chi connectivity index (χ4n) is 2.70. The van der Waals surface area contributed by atoms with E-state index in [1.165, 1.54) is 19.3 Å². The molecule has 18 heavy (non-hydrogen) atoms. The van der Waals surface area contributed by atoms with Crippen LogP contribution >= 0.6 is 0 Å². The van der Waals surface area contributed by atoms with Crippen LogP contribution < -0.4 is 10.6 Å². The smallest absolute Gasteiger partial charge is 0.151 e. The standard InChI is InChI=1S/C14H24N4/c1-14(2,3)11-5-4-9-18(10-8-11)13-7-6-12(15)16-17-13/h6-7,11H,4-5,8-10H2,1-3H3,(H2,15,16). The van der Waals surface area contributed by atoms with Crippen molar-refractivity contribution in [3.05, 3.63) is 12.1 Å². The van der Waals surface area contributed by atoms with Crippen molar-refractivity contribution in [2.45, 2.75) is 40.0 Å². The van der Waals surface area contributed by atoms with Crippen LogP contribution in [0.5, 0.6) is 0 Å². The SMILES string of the molecule is CC(C)(C)C1CCCN(c2ccc(N)nn2)CC1. The molecule has 2 N–H and O–H groups in total. The summed E-state index contributed by atoms with van der Waals surface area (Å²) >= 11 is 0. The molecule has 100 valence electrons. The summed E-state index contributed by atoms with van der Waals surface area (Å²) in [5.74, 6) is 2.24. The normalized spacial score (nSPS) is 21.7. The number of rotatable bonds is 1. The largest absolute Gasteiger partial charge is 0.382 e. The van der Waals surface area contributed by atoms with Gasteiger partial charge in [0.25, 0.3) is 0 Å². The van der Waals surface area contributed by atoms with Crippen LogP contribution in [0.2, 0.25) is 0 Å². The molecule has 4 heteroatoms. The van der Waals surface area contributed by atoms with Crippen LogP contribution in [0.4, 0.5) is 11.6 Å². The van der Waals surface area contributed by atoms with Gasteiger partial charge in [0.1, 0.15) is 5.82 Å². The predicted molar refractivity (Wildman–Crippen MR) is 75.5 cm³/mol. The number of nitrogens with zero attached hydrogens (tertiary/aromatic N) is 3. The fraction of sp³-hybridized carbons (Fsp3) is 0.714. The first-order valence-electron chi connectivity index (χ1n) is 6.81. The molecule has 4 nitrogen and oxygen atoms in total. The Morgan fingerprint density at radius 1 is 1.17 bits per heavy atom. The van der Waals surface area contributed by atoms with Gasteiger partial charge in [-0.15, -0.1) is 10.2 Å². The topological polar surface area (TPSA) is 55.0 Å². The van der Waals surface area contributed by atoms with E-state index in [9.17, 15) is 0 Å². The first-order valence-corrected chi connectivity index (χ1v) is 6.81. The van der Waals surface area contributed by atoms with Crippen molar-refractivity contribution >= 4 is 11.6 Å². The van der Waals surface area contributed by atoms with Crippen molar-refractivity contribution in [1.82, 2.24) is 10.2 Å². The molecule has 0 amide bonds. The van der Waals surface area contributed by atoms with Crippen molar-refractivity contribution in [2.24, 2.45) is 11.3 Å². The van der Waals surface area contributed by atoms with Crippen LogP contribution in [0.1, 0.15) is 40.0 Å². The molecule has 1 saturated heterocycles. The number of nitrogen functional groups attached to an aromatic ring is 1. The van der Waals surface area contributed by atoms with Gasteiger partial charge in [0.15, 0.2) is 5.82 Å². The third-order valence-corrected chi connectivity index (χ3v) is 3.95. The van der Waals surface area contributed by atoms with Crippen LogP contribution in [0.15, 0.2) is 12.1 Å².